The Morgan fingerprint density at radius 1 is 1.46 bits per heavy atom. The van der Waals surface area contributed by atoms with Crippen molar-refractivity contribution in [3.63, 3.8) is 0 Å². The summed E-state index contributed by atoms with van der Waals surface area (Å²) in [5.41, 5.74) is 1.72. The minimum absolute atomic E-state index is 0.106. The van der Waals surface area contributed by atoms with Gasteiger partial charge in [-0.3, -0.25) is 4.79 Å². The van der Waals surface area contributed by atoms with Gasteiger partial charge in [-0.2, -0.15) is 5.26 Å². The molecule has 1 N–H and O–H groups in total. The Labute approximate surface area is 150 Å². The second-order valence-electron chi connectivity index (χ2n) is 5.96. The molecule has 1 aliphatic rings. The lowest BCUT2D eigenvalue weighted by Gasteiger charge is -2.17. The predicted octanol–water partition coefficient (Wildman–Crippen LogP) is 4.42. The van der Waals surface area contributed by atoms with E-state index < -0.39 is 0 Å². The van der Waals surface area contributed by atoms with Crippen molar-refractivity contribution in [3.8, 4) is 11.8 Å². The Bertz CT molecular complexity index is 793. The van der Waals surface area contributed by atoms with E-state index in [-0.39, 0.29) is 12.5 Å². The number of benzene rings is 1. The van der Waals surface area contributed by atoms with Gasteiger partial charge in [0.2, 0.25) is 0 Å². The zero-order valence-corrected chi connectivity index (χ0v) is 14.8. The molecule has 0 radical (unpaired) electrons. The van der Waals surface area contributed by atoms with Crippen LogP contribution in [-0.4, -0.2) is 12.5 Å². The summed E-state index contributed by atoms with van der Waals surface area (Å²) in [4.78, 5) is 13.4. The Hall–Kier alpha value is -2.03. The van der Waals surface area contributed by atoms with Crippen molar-refractivity contribution in [1.82, 2.24) is 0 Å². The third kappa shape index (κ3) is 3.72. The number of rotatable bonds is 4. The van der Waals surface area contributed by atoms with E-state index in [0.29, 0.717) is 27.3 Å². The van der Waals surface area contributed by atoms with Gasteiger partial charge in [0.15, 0.2) is 6.61 Å². The topological polar surface area (TPSA) is 62.1 Å². The average molecular weight is 361 g/mol. The lowest BCUT2D eigenvalue weighted by Crippen LogP contribution is -2.20. The van der Waals surface area contributed by atoms with Crippen LogP contribution in [0.3, 0.4) is 0 Å². The normalized spacial score (nSPS) is 16.1. The number of hydrogen-bond acceptors (Lipinski definition) is 4. The molecule has 24 heavy (non-hydrogen) atoms. The molecule has 0 fully saturated rings. The van der Waals surface area contributed by atoms with Gasteiger partial charge in [0.05, 0.1) is 5.56 Å². The predicted molar refractivity (Wildman–Crippen MR) is 95.8 cm³/mol. The smallest absolute Gasteiger partial charge is 0.262 e. The van der Waals surface area contributed by atoms with Gasteiger partial charge in [-0.15, -0.1) is 11.3 Å². The van der Waals surface area contributed by atoms with Crippen LogP contribution < -0.4 is 10.1 Å². The third-order valence-corrected chi connectivity index (χ3v) is 5.48. The van der Waals surface area contributed by atoms with Crippen LogP contribution in [0.1, 0.15) is 29.3 Å². The van der Waals surface area contributed by atoms with Crippen LogP contribution in [0.15, 0.2) is 24.3 Å². The molecule has 1 aliphatic carbocycles. The van der Waals surface area contributed by atoms with Gasteiger partial charge in [0.1, 0.15) is 16.8 Å². The molecule has 2 aromatic rings. The Kier molecular flexibility index (Phi) is 5.08. The number of hydrogen-bond donors (Lipinski definition) is 1. The fourth-order valence-electron chi connectivity index (χ4n) is 2.80. The van der Waals surface area contributed by atoms with E-state index in [1.807, 2.05) is 0 Å². The summed E-state index contributed by atoms with van der Waals surface area (Å²) in [6.45, 7) is 2.11. The van der Waals surface area contributed by atoms with Crippen LogP contribution in [0.25, 0.3) is 0 Å². The highest BCUT2D eigenvalue weighted by atomic mass is 35.5. The lowest BCUT2D eigenvalue weighted by atomic mass is 9.89. The number of thiophene rings is 1. The van der Waals surface area contributed by atoms with E-state index >= 15 is 0 Å². The molecule has 1 aromatic carbocycles. The molecule has 0 bridgehead atoms. The average Bonchev–Trinajstić information content (AvgIpc) is 2.90. The van der Waals surface area contributed by atoms with Crippen LogP contribution in [0.5, 0.6) is 5.75 Å². The first-order valence-corrected chi connectivity index (χ1v) is 8.99. The lowest BCUT2D eigenvalue weighted by molar-refractivity contribution is -0.118. The Morgan fingerprint density at radius 3 is 2.92 bits per heavy atom. The molecular weight excluding hydrogens is 344 g/mol. The number of halogens is 1. The molecule has 1 aromatic heterocycles. The molecule has 0 saturated heterocycles. The molecule has 1 amide bonds. The van der Waals surface area contributed by atoms with Gasteiger partial charge in [-0.05, 0) is 55.0 Å². The first-order valence-electron chi connectivity index (χ1n) is 7.79. The number of nitrogens with zero attached hydrogens (tertiary/aromatic N) is 1. The monoisotopic (exact) mass is 360 g/mol. The number of anilines is 1. The van der Waals surface area contributed by atoms with E-state index in [0.717, 1.165) is 24.8 Å². The van der Waals surface area contributed by atoms with Gasteiger partial charge in [-0.1, -0.05) is 18.5 Å². The maximum atomic E-state index is 12.1. The fourth-order valence-corrected chi connectivity index (χ4v) is 4.30. The zero-order valence-electron chi connectivity index (χ0n) is 13.3. The summed E-state index contributed by atoms with van der Waals surface area (Å²) in [5.74, 6) is 0.932. The van der Waals surface area contributed by atoms with Crippen LogP contribution in [0, 0.1) is 17.2 Å². The first kappa shape index (κ1) is 16.8. The third-order valence-electron chi connectivity index (χ3n) is 4.06. The van der Waals surface area contributed by atoms with Crippen LogP contribution in [0.2, 0.25) is 5.02 Å². The molecule has 4 nitrogen and oxygen atoms in total. The van der Waals surface area contributed by atoms with Crippen molar-refractivity contribution in [2.45, 2.75) is 26.2 Å². The van der Waals surface area contributed by atoms with E-state index in [9.17, 15) is 10.1 Å². The van der Waals surface area contributed by atoms with Gasteiger partial charge in [0.25, 0.3) is 5.91 Å². The maximum absolute atomic E-state index is 12.1. The molecule has 1 atom stereocenters. The number of carbonyl (C=O) groups is 1. The molecule has 3 rings (SSSR count). The van der Waals surface area contributed by atoms with Crippen LogP contribution >= 0.6 is 22.9 Å². The van der Waals surface area contributed by atoms with Crippen molar-refractivity contribution in [2.24, 2.45) is 5.92 Å². The van der Waals surface area contributed by atoms with Gasteiger partial charge >= 0.3 is 0 Å². The summed E-state index contributed by atoms with van der Waals surface area (Å²) >= 11 is 7.33. The van der Waals surface area contributed by atoms with Crippen molar-refractivity contribution in [3.05, 3.63) is 45.3 Å². The summed E-state index contributed by atoms with van der Waals surface area (Å²) in [7, 11) is 0. The summed E-state index contributed by atoms with van der Waals surface area (Å²) in [6.07, 6.45) is 2.98. The second-order valence-corrected chi connectivity index (χ2v) is 7.50. The van der Waals surface area contributed by atoms with Crippen molar-refractivity contribution in [2.75, 3.05) is 11.9 Å². The maximum Gasteiger partial charge on any atom is 0.262 e. The number of fused-ring (bicyclic) bond motifs is 1. The van der Waals surface area contributed by atoms with Crippen molar-refractivity contribution in [1.29, 1.82) is 5.26 Å². The number of ether oxygens (including phenoxy) is 1. The standard InChI is InChI=1S/C18H17ClN2O2S/c1-11-2-7-14-15(9-20)18(24-16(14)8-11)21-17(22)10-23-13-5-3-12(19)4-6-13/h3-6,11H,2,7-8,10H2,1H3,(H,21,22). The number of carbonyl (C=O) groups excluding carboxylic acids is 1. The molecule has 0 saturated carbocycles. The Balaban J connectivity index is 1.66. The number of nitriles is 1. The van der Waals surface area contributed by atoms with E-state index in [2.05, 4.69) is 18.3 Å². The number of amides is 1. The van der Waals surface area contributed by atoms with E-state index in [1.165, 1.54) is 16.2 Å². The van der Waals surface area contributed by atoms with E-state index in [1.54, 1.807) is 24.3 Å². The Morgan fingerprint density at radius 2 is 2.21 bits per heavy atom. The summed E-state index contributed by atoms with van der Waals surface area (Å²) in [5, 5.41) is 13.5. The van der Waals surface area contributed by atoms with Gasteiger partial charge < -0.3 is 10.1 Å². The highest BCUT2D eigenvalue weighted by Gasteiger charge is 2.24. The molecule has 124 valence electrons. The SMILES string of the molecule is CC1CCc2c(sc(NC(=O)COc3ccc(Cl)cc3)c2C#N)C1. The van der Waals surface area contributed by atoms with Crippen molar-refractivity contribution < 1.29 is 9.53 Å². The summed E-state index contributed by atoms with van der Waals surface area (Å²) < 4.78 is 5.44. The number of nitrogens with one attached hydrogen (secondary N) is 1. The highest BCUT2D eigenvalue weighted by Crippen LogP contribution is 2.39. The molecule has 1 heterocycles. The van der Waals surface area contributed by atoms with Crippen LogP contribution in [0.4, 0.5) is 5.00 Å². The quantitative estimate of drug-likeness (QED) is 0.878. The molecule has 0 aliphatic heterocycles. The summed E-state index contributed by atoms with van der Waals surface area (Å²) in [6, 6.07) is 9.07. The van der Waals surface area contributed by atoms with E-state index in [4.69, 9.17) is 16.3 Å². The molecule has 6 heteroatoms. The van der Waals surface area contributed by atoms with Gasteiger partial charge in [0, 0.05) is 9.90 Å². The minimum Gasteiger partial charge on any atom is -0.484 e. The first-order chi connectivity index (χ1) is 11.6. The largest absolute Gasteiger partial charge is 0.484 e. The second kappa shape index (κ2) is 7.25. The molecule has 1 unspecified atom stereocenters. The minimum atomic E-state index is -0.270. The fraction of sp³-hybridized carbons (Fsp3) is 0.333. The highest BCUT2D eigenvalue weighted by molar-refractivity contribution is 7.16. The zero-order chi connectivity index (χ0) is 17.1. The van der Waals surface area contributed by atoms with Crippen LogP contribution in [-0.2, 0) is 17.6 Å². The molecular formula is C18H17ClN2O2S. The molecule has 0 spiro atoms. The van der Waals surface area contributed by atoms with Crippen molar-refractivity contribution >= 4 is 33.8 Å². The van der Waals surface area contributed by atoms with Gasteiger partial charge in [-0.25, -0.2) is 0 Å².